The van der Waals surface area contributed by atoms with E-state index in [2.05, 4.69) is 0 Å². The molecule has 0 aliphatic rings. The van der Waals surface area contributed by atoms with E-state index < -0.39 is 10.2 Å². The van der Waals surface area contributed by atoms with Gasteiger partial charge in [0.05, 0.1) is 12.4 Å². The third-order valence-electron chi connectivity index (χ3n) is 1.48. The van der Waals surface area contributed by atoms with E-state index in [1.54, 1.807) is 0 Å². The molecule has 0 aromatic heterocycles. The second-order valence-corrected chi connectivity index (χ2v) is 5.07. The lowest BCUT2D eigenvalue weighted by atomic mass is 10.2. The van der Waals surface area contributed by atoms with Crippen LogP contribution in [0.5, 0.6) is 5.75 Å². The first-order valence-electron chi connectivity index (χ1n) is 3.91. The highest BCUT2D eigenvalue weighted by Gasteiger charge is 2.62. The molecule has 90 valence electrons. The van der Waals surface area contributed by atoms with Gasteiger partial charge in [-0.25, -0.2) is 0 Å². The van der Waals surface area contributed by atoms with Gasteiger partial charge in [-0.1, -0.05) is 19.4 Å². The summed E-state index contributed by atoms with van der Waals surface area (Å²) in [6, 6.07) is 4.98. The molecule has 0 amide bonds. The Morgan fingerprint density at radius 2 is 1.50 bits per heavy atom. The average Bonchev–Trinajstić information content (AvgIpc) is 2.13. The lowest BCUT2D eigenvalue weighted by molar-refractivity contribution is 0.389. The molecule has 1 nitrogen and oxygen atoms in total. The zero-order chi connectivity index (χ0) is 12.5. The molecule has 1 aromatic rings. The standard InChI is InChI=1S/C9H7F5OS/c1-15-9-4-2-8(3-5-9)6-7-16(10,11,12,13)14/h2-5H,1H3. The first-order valence-corrected chi connectivity index (χ1v) is 5.86. The van der Waals surface area contributed by atoms with Gasteiger partial charge in [0.1, 0.15) is 5.75 Å². The first-order chi connectivity index (χ1) is 6.99. The summed E-state index contributed by atoms with van der Waals surface area (Å²) >= 11 is 0. The van der Waals surface area contributed by atoms with E-state index in [9.17, 15) is 19.4 Å². The van der Waals surface area contributed by atoms with Crippen LogP contribution in [0.1, 0.15) is 5.56 Å². The Labute approximate surface area is 88.9 Å². The van der Waals surface area contributed by atoms with E-state index >= 15 is 0 Å². The van der Waals surface area contributed by atoms with Crippen molar-refractivity contribution in [1.82, 2.24) is 0 Å². The molecule has 1 rings (SSSR count). The zero-order valence-corrected chi connectivity index (χ0v) is 8.83. The Morgan fingerprint density at radius 3 is 1.88 bits per heavy atom. The highest BCUT2D eigenvalue weighted by molar-refractivity contribution is 8.49. The van der Waals surface area contributed by atoms with Gasteiger partial charge in [0.2, 0.25) is 0 Å². The van der Waals surface area contributed by atoms with Crippen LogP contribution in [0.4, 0.5) is 19.4 Å². The van der Waals surface area contributed by atoms with Gasteiger partial charge in [0.25, 0.3) is 0 Å². The van der Waals surface area contributed by atoms with E-state index in [1.165, 1.54) is 25.2 Å². The molecular weight excluding hydrogens is 251 g/mol. The van der Waals surface area contributed by atoms with Gasteiger partial charge in [0.15, 0.2) is 0 Å². The number of hydrogen-bond acceptors (Lipinski definition) is 1. The van der Waals surface area contributed by atoms with Gasteiger partial charge >= 0.3 is 10.2 Å². The van der Waals surface area contributed by atoms with Gasteiger partial charge in [-0.15, -0.1) is 0 Å². The van der Waals surface area contributed by atoms with Crippen molar-refractivity contribution in [3.63, 3.8) is 0 Å². The molecule has 16 heavy (non-hydrogen) atoms. The van der Waals surface area contributed by atoms with Crippen LogP contribution in [0.15, 0.2) is 24.3 Å². The minimum atomic E-state index is -9.65. The molecule has 0 atom stereocenters. The number of halogens is 5. The van der Waals surface area contributed by atoms with Crippen LogP contribution in [0.2, 0.25) is 0 Å². The summed E-state index contributed by atoms with van der Waals surface area (Å²) in [5.41, 5.74) is -0.158. The number of ether oxygens (including phenoxy) is 1. The molecule has 0 saturated heterocycles. The van der Waals surface area contributed by atoms with Crippen LogP contribution in [0.25, 0.3) is 0 Å². The van der Waals surface area contributed by atoms with E-state index in [-0.39, 0.29) is 10.8 Å². The highest BCUT2D eigenvalue weighted by atomic mass is 32.5. The third-order valence-corrected chi connectivity index (χ3v) is 1.97. The summed E-state index contributed by atoms with van der Waals surface area (Å²) in [5, 5.41) is 0.122. The smallest absolute Gasteiger partial charge is 0.345 e. The van der Waals surface area contributed by atoms with Crippen molar-refractivity contribution in [3.8, 4) is 16.9 Å². The monoisotopic (exact) mass is 258 g/mol. The predicted molar refractivity (Wildman–Crippen MR) is 53.0 cm³/mol. The minimum absolute atomic E-state index is 0.122. The normalized spacial score (nSPS) is 15.4. The van der Waals surface area contributed by atoms with Crippen molar-refractivity contribution in [2.75, 3.05) is 7.11 Å². The summed E-state index contributed by atoms with van der Waals surface area (Å²) < 4.78 is 64.0. The van der Waals surface area contributed by atoms with Gasteiger partial charge in [-0.2, -0.15) is 0 Å². The fourth-order valence-corrected chi connectivity index (χ4v) is 1.14. The van der Waals surface area contributed by atoms with Crippen LogP contribution < -0.4 is 4.74 Å². The Hall–Kier alpha value is -1.42. The number of methoxy groups -OCH3 is 1. The molecule has 0 heterocycles. The molecule has 0 aliphatic heterocycles. The first kappa shape index (κ1) is 12.6. The maximum absolute atomic E-state index is 11.8. The van der Waals surface area contributed by atoms with E-state index in [0.717, 1.165) is 12.1 Å². The summed E-state index contributed by atoms with van der Waals surface area (Å²) in [4.78, 5) is 0. The Bertz CT molecular complexity index is 450. The SMILES string of the molecule is COc1ccc(C#CS(F)(F)(F)(F)F)cc1. The van der Waals surface area contributed by atoms with Crippen molar-refractivity contribution >= 4 is 10.2 Å². The summed E-state index contributed by atoms with van der Waals surface area (Å²) in [5.74, 6) is 1.79. The fourth-order valence-electron chi connectivity index (χ4n) is 0.830. The van der Waals surface area contributed by atoms with Gasteiger partial charge < -0.3 is 4.74 Å². The van der Waals surface area contributed by atoms with Crippen molar-refractivity contribution in [2.45, 2.75) is 0 Å². The largest absolute Gasteiger partial charge is 0.497 e. The van der Waals surface area contributed by atoms with Crippen molar-refractivity contribution in [1.29, 1.82) is 0 Å². The number of hydrogen-bond donors (Lipinski definition) is 0. The quantitative estimate of drug-likeness (QED) is 0.539. The average molecular weight is 258 g/mol. The van der Waals surface area contributed by atoms with E-state index in [4.69, 9.17) is 4.74 Å². The van der Waals surface area contributed by atoms with Crippen LogP contribution in [0, 0.1) is 11.2 Å². The lowest BCUT2D eigenvalue weighted by Gasteiger charge is -2.33. The maximum Gasteiger partial charge on any atom is 0.345 e. The lowest BCUT2D eigenvalue weighted by Crippen LogP contribution is -2.00. The Kier molecular flexibility index (Phi) is 2.40. The van der Waals surface area contributed by atoms with Crippen molar-refractivity contribution in [3.05, 3.63) is 29.8 Å². The molecular formula is C9H7F5OS. The maximum atomic E-state index is 11.8. The van der Waals surface area contributed by atoms with Crippen LogP contribution in [0.3, 0.4) is 0 Å². The molecule has 0 radical (unpaired) electrons. The molecule has 0 aliphatic carbocycles. The van der Waals surface area contributed by atoms with Gasteiger partial charge in [-0.3, -0.25) is 0 Å². The van der Waals surface area contributed by atoms with Crippen LogP contribution >= 0.6 is 10.2 Å². The summed E-state index contributed by atoms with van der Waals surface area (Å²) in [6.45, 7) is 0. The third kappa shape index (κ3) is 4.89. The van der Waals surface area contributed by atoms with Gasteiger partial charge in [-0.05, 0) is 30.2 Å². The topological polar surface area (TPSA) is 9.23 Å². The molecule has 0 N–H and O–H groups in total. The highest BCUT2D eigenvalue weighted by Crippen LogP contribution is 2.97. The molecule has 0 spiro atoms. The fraction of sp³-hybridized carbons (Fsp3) is 0.111. The van der Waals surface area contributed by atoms with Crippen LogP contribution in [-0.2, 0) is 0 Å². The molecule has 0 bridgehead atoms. The van der Waals surface area contributed by atoms with E-state index in [0.29, 0.717) is 5.75 Å². The minimum Gasteiger partial charge on any atom is -0.497 e. The van der Waals surface area contributed by atoms with Crippen molar-refractivity contribution in [2.24, 2.45) is 0 Å². The Morgan fingerprint density at radius 1 is 1.00 bits per heavy atom. The second kappa shape index (κ2) is 3.04. The summed E-state index contributed by atoms with van der Waals surface area (Å²) in [7, 11) is -8.27. The molecule has 0 fully saturated rings. The molecule has 0 unspecified atom stereocenters. The Balaban J connectivity index is 3.04. The van der Waals surface area contributed by atoms with Crippen LogP contribution in [-0.4, -0.2) is 7.11 Å². The number of rotatable bonds is 1. The summed E-state index contributed by atoms with van der Waals surface area (Å²) in [6.07, 6.45) is 0. The predicted octanol–water partition coefficient (Wildman–Crippen LogP) is 4.30. The van der Waals surface area contributed by atoms with Crippen molar-refractivity contribution < 1.29 is 24.2 Å². The molecule has 1 aromatic carbocycles. The second-order valence-electron chi connectivity index (χ2n) is 2.92. The van der Waals surface area contributed by atoms with Gasteiger partial charge in [0, 0.05) is 5.56 Å². The molecule has 0 saturated carbocycles. The number of benzene rings is 1. The molecule has 7 heteroatoms. The van der Waals surface area contributed by atoms with E-state index in [1.807, 2.05) is 0 Å². The zero-order valence-electron chi connectivity index (χ0n) is 8.02.